The predicted molar refractivity (Wildman–Crippen MR) is 161 cm³/mol. The summed E-state index contributed by atoms with van der Waals surface area (Å²) in [5.74, 6) is 0.660. The second-order valence-electron chi connectivity index (χ2n) is 11.6. The summed E-state index contributed by atoms with van der Waals surface area (Å²) in [5.41, 5.74) is 3.63. The topological polar surface area (TPSA) is 91.3 Å². The second-order valence-corrected chi connectivity index (χ2v) is 12.0. The summed E-state index contributed by atoms with van der Waals surface area (Å²) in [4.78, 5) is 32.9. The minimum atomic E-state index is -0.276. The van der Waals surface area contributed by atoms with Crippen molar-refractivity contribution in [3.63, 3.8) is 0 Å². The zero-order valence-corrected chi connectivity index (χ0v) is 24.4. The zero-order valence-electron chi connectivity index (χ0n) is 23.7. The predicted octanol–water partition coefficient (Wildman–Crippen LogP) is 5.77. The molecule has 0 spiro atoms. The van der Waals surface area contributed by atoms with Gasteiger partial charge >= 0.3 is 0 Å². The van der Waals surface area contributed by atoms with Gasteiger partial charge in [-0.05, 0) is 74.7 Å². The van der Waals surface area contributed by atoms with Crippen LogP contribution in [0.3, 0.4) is 0 Å². The third kappa shape index (κ3) is 6.61. The molecule has 1 aliphatic heterocycles. The molecule has 3 N–H and O–H groups in total. The zero-order chi connectivity index (χ0) is 28.1. The number of benzene rings is 2. The molecule has 0 unspecified atom stereocenters. The molecule has 0 atom stereocenters. The Labute approximate surface area is 241 Å². The van der Waals surface area contributed by atoms with Gasteiger partial charge in [0, 0.05) is 37.7 Å². The van der Waals surface area contributed by atoms with E-state index in [2.05, 4.69) is 27.8 Å². The van der Waals surface area contributed by atoms with Gasteiger partial charge in [-0.1, -0.05) is 50.3 Å². The highest BCUT2D eigenvalue weighted by Crippen LogP contribution is 2.36. The van der Waals surface area contributed by atoms with E-state index in [9.17, 15) is 9.59 Å². The molecular weight excluding hydrogens is 524 g/mol. The Hall–Kier alpha value is -3.10. The highest BCUT2D eigenvalue weighted by molar-refractivity contribution is 6.33. The van der Waals surface area contributed by atoms with E-state index in [0.29, 0.717) is 35.3 Å². The maximum Gasteiger partial charge on any atom is 0.251 e. The van der Waals surface area contributed by atoms with Gasteiger partial charge < -0.3 is 25.4 Å². The first-order chi connectivity index (χ1) is 19.3. The van der Waals surface area contributed by atoms with Gasteiger partial charge in [-0.25, -0.2) is 4.98 Å². The lowest BCUT2D eigenvalue weighted by Gasteiger charge is -2.32. The molecule has 9 heteroatoms. The molecular formula is C31H41ClN6O2. The van der Waals surface area contributed by atoms with Crippen molar-refractivity contribution in [1.29, 1.82) is 0 Å². The Balaban J connectivity index is 1.23. The van der Waals surface area contributed by atoms with Crippen molar-refractivity contribution in [2.45, 2.75) is 64.8 Å². The summed E-state index contributed by atoms with van der Waals surface area (Å²) in [5, 5.41) is 10.1. The number of carbonyl (C=O) groups excluding carboxylic acids is 2. The lowest BCUT2D eigenvalue weighted by atomic mass is 9.75. The van der Waals surface area contributed by atoms with Crippen molar-refractivity contribution in [2.75, 3.05) is 31.5 Å². The molecule has 1 saturated heterocycles. The number of halogens is 1. The average Bonchev–Trinajstić information content (AvgIpc) is 3.28. The summed E-state index contributed by atoms with van der Waals surface area (Å²) >= 11 is 6.53. The number of imidazole rings is 1. The maximum absolute atomic E-state index is 12.9. The van der Waals surface area contributed by atoms with Crippen LogP contribution >= 0.6 is 11.6 Å². The number of piperidine rings is 1. The van der Waals surface area contributed by atoms with Crippen LogP contribution in [-0.4, -0.2) is 52.4 Å². The fourth-order valence-corrected chi connectivity index (χ4v) is 6.08. The Morgan fingerprint density at radius 2 is 1.73 bits per heavy atom. The minimum absolute atomic E-state index is 0.0843. The number of rotatable bonds is 9. The number of aromatic nitrogens is 2. The van der Waals surface area contributed by atoms with Crippen LogP contribution in [0, 0.1) is 5.41 Å². The normalized spacial score (nSPS) is 17.5. The SMILES string of the molecule is Cn1c(Nc2cc(CNC(=O)C3(C)CCCCC3)ccc2Cl)nc2cc(C(=O)NCCN3CCCCC3)ccc21. The number of hydrogen-bond acceptors (Lipinski definition) is 5. The van der Waals surface area contributed by atoms with E-state index in [1.165, 1.54) is 25.7 Å². The average molecular weight is 565 g/mol. The van der Waals surface area contributed by atoms with E-state index < -0.39 is 0 Å². The third-order valence-electron chi connectivity index (χ3n) is 8.54. The molecule has 1 aromatic heterocycles. The molecule has 2 amide bonds. The molecule has 0 radical (unpaired) electrons. The van der Waals surface area contributed by atoms with Crippen molar-refractivity contribution in [2.24, 2.45) is 12.5 Å². The highest BCUT2D eigenvalue weighted by atomic mass is 35.5. The molecule has 8 nitrogen and oxygen atoms in total. The van der Waals surface area contributed by atoms with Crippen LogP contribution in [0.15, 0.2) is 36.4 Å². The molecule has 2 heterocycles. The van der Waals surface area contributed by atoms with Crippen LogP contribution in [0.5, 0.6) is 0 Å². The van der Waals surface area contributed by atoms with Gasteiger partial charge in [0.1, 0.15) is 0 Å². The maximum atomic E-state index is 12.9. The summed E-state index contributed by atoms with van der Waals surface area (Å²) in [7, 11) is 1.93. The van der Waals surface area contributed by atoms with E-state index in [-0.39, 0.29) is 17.2 Å². The first-order valence-corrected chi connectivity index (χ1v) is 15.0. The van der Waals surface area contributed by atoms with Crippen LogP contribution in [-0.2, 0) is 18.4 Å². The molecule has 2 aromatic carbocycles. The number of fused-ring (bicyclic) bond motifs is 1. The Morgan fingerprint density at radius 1 is 0.975 bits per heavy atom. The largest absolute Gasteiger partial charge is 0.352 e. The summed E-state index contributed by atoms with van der Waals surface area (Å²) in [6, 6.07) is 11.3. The molecule has 40 heavy (non-hydrogen) atoms. The number of nitrogens with zero attached hydrogens (tertiary/aromatic N) is 3. The van der Waals surface area contributed by atoms with Crippen LogP contribution in [0.4, 0.5) is 11.6 Å². The fourth-order valence-electron chi connectivity index (χ4n) is 5.92. The first-order valence-electron chi connectivity index (χ1n) is 14.6. The molecule has 214 valence electrons. The number of carbonyl (C=O) groups is 2. The van der Waals surface area contributed by atoms with Crippen molar-refractivity contribution < 1.29 is 9.59 Å². The van der Waals surface area contributed by atoms with Gasteiger partial charge in [0.05, 0.1) is 21.7 Å². The Bertz CT molecular complexity index is 1360. The monoisotopic (exact) mass is 564 g/mol. The van der Waals surface area contributed by atoms with Gasteiger partial charge in [0.2, 0.25) is 11.9 Å². The summed E-state index contributed by atoms with van der Waals surface area (Å²) in [6.45, 7) is 6.28. The quantitative estimate of drug-likeness (QED) is 0.307. The molecule has 0 bridgehead atoms. The molecule has 1 aliphatic carbocycles. The number of likely N-dealkylation sites (tertiary alicyclic amines) is 1. The van der Waals surface area contributed by atoms with Crippen LogP contribution in [0.1, 0.15) is 74.2 Å². The van der Waals surface area contributed by atoms with Crippen LogP contribution < -0.4 is 16.0 Å². The number of hydrogen-bond donors (Lipinski definition) is 3. The third-order valence-corrected chi connectivity index (χ3v) is 8.87. The van der Waals surface area contributed by atoms with Crippen LogP contribution in [0.25, 0.3) is 11.0 Å². The summed E-state index contributed by atoms with van der Waals surface area (Å²) < 4.78 is 1.95. The molecule has 5 rings (SSSR count). The number of aryl methyl sites for hydroxylation is 1. The molecule has 2 aliphatic rings. The number of anilines is 2. The smallest absolute Gasteiger partial charge is 0.251 e. The van der Waals surface area contributed by atoms with Gasteiger partial charge in [0.25, 0.3) is 5.91 Å². The molecule has 3 aromatic rings. The molecule has 2 fully saturated rings. The highest BCUT2D eigenvalue weighted by Gasteiger charge is 2.34. The lowest BCUT2D eigenvalue weighted by molar-refractivity contribution is -0.132. The fraction of sp³-hybridized carbons (Fsp3) is 0.516. The van der Waals surface area contributed by atoms with E-state index in [1.54, 1.807) is 0 Å². The lowest BCUT2D eigenvalue weighted by Crippen LogP contribution is -2.39. The van der Waals surface area contributed by atoms with E-state index in [1.807, 2.05) is 48.0 Å². The van der Waals surface area contributed by atoms with E-state index in [4.69, 9.17) is 16.6 Å². The van der Waals surface area contributed by atoms with Gasteiger partial charge in [-0.2, -0.15) is 0 Å². The van der Waals surface area contributed by atoms with Gasteiger partial charge in [-0.15, -0.1) is 0 Å². The Kier molecular flexibility index (Phi) is 8.96. The van der Waals surface area contributed by atoms with Crippen molar-refractivity contribution in [3.8, 4) is 0 Å². The van der Waals surface area contributed by atoms with Crippen molar-refractivity contribution in [3.05, 3.63) is 52.5 Å². The molecule has 1 saturated carbocycles. The minimum Gasteiger partial charge on any atom is -0.352 e. The number of amides is 2. The Morgan fingerprint density at radius 3 is 2.50 bits per heavy atom. The second kappa shape index (κ2) is 12.6. The first kappa shape index (κ1) is 28.4. The van der Waals surface area contributed by atoms with E-state index in [0.717, 1.165) is 61.9 Å². The standard InChI is InChI=1S/C31H41ClN6O2/c1-31(13-5-3-6-14-31)29(40)34-21-22-9-11-24(32)25(19-22)35-30-36-26-20-23(10-12-27(26)37(30)2)28(39)33-15-18-38-16-7-4-8-17-38/h9-12,19-20H,3-8,13-18,21H2,1-2H3,(H,33,39)(H,34,40)(H,35,36). The van der Waals surface area contributed by atoms with Crippen molar-refractivity contribution >= 4 is 46.1 Å². The van der Waals surface area contributed by atoms with E-state index >= 15 is 0 Å². The van der Waals surface area contributed by atoms with Gasteiger partial charge in [0.15, 0.2) is 0 Å². The summed E-state index contributed by atoms with van der Waals surface area (Å²) in [6.07, 6.45) is 9.12. The van der Waals surface area contributed by atoms with Crippen LogP contribution in [0.2, 0.25) is 5.02 Å². The van der Waals surface area contributed by atoms with Gasteiger partial charge in [-0.3, -0.25) is 9.59 Å². The number of nitrogens with one attached hydrogen (secondary N) is 3. The van der Waals surface area contributed by atoms with Crippen molar-refractivity contribution in [1.82, 2.24) is 25.1 Å².